The summed E-state index contributed by atoms with van der Waals surface area (Å²) >= 11 is 7.01. The number of halogens is 1. The van der Waals surface area contributed by atoms with Crippen molar-refractivity contribution >= 4 is 51.4 Å². The van der Waals surface area contributed by atoms with Crippen LogP contribution in [0, 0.1) is 12.8 Å². The molecule has 1 N–H and O–H groups in total. The van der Waals surface area contributed by atoms with Crippen LogP contribution in [0.5, 0.6) is 0 Å². The molecule has 1 aromatic heterocycles. The molecule has 8 heteroatoms. The molecule has 25 heavy (non-hydrogen) atoms. The fraction of sp³-hybridized carbons (Fsp3) is 0.294. The largest absolute Gasteiger partial charge is 0.312 e. The van der Waals surface area contributed by atoms with E-state index in [1.165, 1.54) is 6.92 Å². The summed E-state index contributed by atoms with van der Waals surface area (Å²) < 4.78 is 0. The van der Waals surface area contributed by atoms with Gasteiger partial charge in [-0.25, -0.2) is 4.98 Å². The van der Waals surface area contributed by atoms with Crippen LogP contribution in [0.2, 0.25) is 5.02 Å². The monoisotopic (exact) mass is 377 g/mol. The highest BCUT2D eigenvalue weighted by atomic mass is 35.5. The van der Waals surface area contributed by atoms with Gasteiger partial charge in [0, 0.05) is 30.6 Å². The number of benzene rings is 1. The highest BCUT2D eigenvalue weighted by molar-refractivity contribution is 7.17. The van der Waals surface area contributed by atoms with Gasteiger partial charge >= 0.3 is 0 Å². The smallest absolute Gasteiger partial charge is 0.231 e. The third-order valence-electron chi connectivity index (χ3n) is 3.98. The molecule has 2 aromatic rings. The van der Waals surface area contributed by atoms with E-state index in [0.29, 0.717) is 33.0 Å². The number of carbonyl (C=O) groups excluding carboxylic acids is 3. The van der Waals surface area contributed by atoms with Crippen molar-refractivity contribution in [3.05, 3.63) is 39.9 Å². The van der Waals surface area contributed by atoms with Gasteiger partial charge in [-0.3, -0.25) is 14.4 Å². The molecule has 0 bridgehead atoms. The molecule has 1 unspecified atom stereocenters. The Hall–Kier alpha value is -2.25. The zero-order valence-corrected chi connectivity index (χ0v) is 15.3. The van der Waals surface area contributed by atoms with E-state index in [0.717, 1.165) is 11.3 Å². The van der Waals surface area contributed by atoms with E-state index in [4.69, 9.17) is 11.6 Å². The number of anilines is 2. The van der Waals surface area contributed by atoms with Crippen molar-refractivity contribution < 1.29 is 14.4 Å². The Morgan fingerprint density at radius 1 is 1.32 bits per heavy atom. The van der Waals surface area contributed by atoms with E-state index in [1.54, 1.807) is 36.1 Å². The Kier molecular flexibility index (Phi) is 4.87. The number of ketones is 1. The molecular weight excluding hydrogens is 362 g/mol. The van der Waals surface area contributed by atoms with Gasteiger partial charge in [0.25, 0.3) is 0 Å². The molecule has 2 heterocycles. The Morgan fingerprint density at radius 3 is 2.60 bits per heavy atom. The summed E-state index contributed by atoms with van der Waals surface area (Å²) in [6, 6.07) is 6.92. The lowest BCUT2D eigenvalue weighted by molar-refractivity contribution is -0.122. The average Bonchev–Trinajstić information content (AvgIpc) is 3.11. The van der Waals surface area contributed by atoms with Crippen molar-refractivity contribution in [2.75, 3.05) is 16.8 Å². The first-order valence-electron chi connectivity index (χ1n) is 7.70. The maximum absolute atomic E-state index is 12.5. The number of hydrogen-bond acceptors (Lipinski definition) is 5. The van der Waals surface area contributed by atoms with E-state index in [2.05, 4.69) is 10.3 Å². The highest BCUT2D eigenvalue weighted by Crippen LogP contribution is 2.28. The van der Waals surface area contributed by atoms with E-state index >= 15 is 0 Å². The third kappa shape index (κ3) is 3.72. The van der Waals surface area contributed by atoms with Crippen LogP contribution in [0.3, 0.4) is 0 Å². The van der Waals surface area contributed by atoms with Gasteiger partial charge < -0.3 is 10.2 Å². The topological polar surface area (TPSA) is 79.4 Å². The average molecular weight is 378 g/mol. The first-order valence-corrected chi connectivity index (χ1v) is 8.89. The second kappa shape index (κ2) is 6.93. The predicted octanol–water partition coefficient (Wildman–Crippen LogP) is 3.30. The van der Waals surface area contributed by atoms with E-state index < -0.39 is 5.92 Å². The number of amides is 2. The molecular formula is C17H16ClN3O3S. The van der Waals surface area contributed by atoms with Gasteiger partial charge in [-0.1, -0.05) is 22.9 Å². The van der Waals surface area contributed by atoms with Crippen molar-refractivity contribution in [2.24, 2.45) is 5.92 Å². The summed E-state index contributed by atoms with van der Waals surface area (Å²) in [6.07, 6.45) is 0.137. The van der Waals surface area contributed by atoms with Crippen molar-refractivity contribution in [3.8, 4) is 0 Å². The summed E-state index contributed by atoms with van der Waals surface area (Å²) in [7, 11) is 0. The molecule has 0 saturated carbocycles. The minimum atomic E-state index is -0.465. The summed E-state index contributed by atoms with van der Waals surface area (Å²) in [4.78, 5) is 42.5. The molecule has 1 fully saturated rings. The van der Waals surface area contributed by atoms with E-state index in [1.807, 2.05) is 0 Å². The molecule has 1 aliphatic heterocycles. The molecule has 0 radical (unpaired) electrons. The third-order valence-corrected chi connectivity index (χ3v) is 5.41. The van der Waals surface area contributed by atoms with Crippen molar-refractivity contribution in [1.82, 2.24) is 4.98 Å². The molecule has 0 spiro atoms. The second-order valence-corrected chi connectivity index (χ2v) is 7.30. The quantitative estimate of drug-likeness (QED) is 0.829. The molecule has 0 aliphatic carbocycles. The summed E-state index contributed by atoms with van der Waals surface area (Å²) in [5.74, 6) is -0.926. The zero-order valence-electron chi connectivity index (χ0n) is 13.7. The molecule has 6 nitrogen and oxygen atoms in total. The lowest BCUT2D eigenvalue weighted by atomic mass is 10.1. The lowest BCUT2D eigenvalue weighted by Gasteiger charge is -2.16. The van der Waals surface area contributed by atoms with Crippen molar-refractivity contribution in [3.63, 3.8) is 0 Å². The minimum absolute atomic E-state index is 0.0829. The molecule has 130 valence electrons. The van der Waals surface area contributed by atoms with Crippen LogP contribution in [0.4, 0.5) is 10.8 Å². The number of thiazole rings is 1. The van der Waals surface area contributed by atoms with Crippen LogP contribution in [0.15, 0.2) is 24.3 Å². The van der Waals surface area contributed by atoms with Gasteiger partial charge in [0.2, 0.25) is 11.8 Å². The number of hydrogen-bond donors (Lipinski definition) is 1. The molecule has 3 rings (SSSR count). The van der Waals surface area contributed by atoms with Crippen molar-refractivity contribution in [2.45, 2.75) is 20.3 Å². The van der Waals surface area contributed by atoms with Gasteiger partial charge in [-0.2, -0.15) is 0 Å². The molecule has 1 saturated heterocycles. The van der Waals surface area contributed by atoms with Gasteiger partial charge in [-0.05, 0) is 31.2 Å². The standard InChI is InChI=1S/C17H16ClN3O3S/c1-9-15(10(2)22)25-17(19-9)20-16(24)11-7-14(23)21(8-11)13-5-3-12(18)4-6-13/h3-6,11H,7-8H2,1-2H3,(H,19,20,24). The van der Waals surface area contributed by atoms with Crippen LogP contribution in [-0.2, 0) is 9.59 Å². The number of aromatic nitrogens is 1. The lowest BCUT2D eigenvalue weighted by Crippen LogP contribution is -2.28. The normalized spacial score (nSPS) is 17.0. The number of rotatable bonds is 4. The predicted molar refractivity (Wildman–Crippen MR) is 97.4 cm³/mol. The van der Waals surface area contributed by atoms with Crippen LogP contribution in [0.1, 0.15) is 28.7 Å². The SMILES string of the molecule is CC(=O)c1sc(NC(=O)C2CC(=O)N(c3ccc(Cl)cc3)C2)nc1C. The first kappa shape index (κ1) is 17.6. The Balaban J connectivity index is 1.69. The van der Waals surface area contributed by atoms with Gasteiger partial charge in [0.05, 0.1) is 16.5 Å². The van der Waals surface area contributed by atoms with Gasteiger partial charge in [0.1, 0.15) is 0 Å². The van der Waals surface area contributed by atoms with Crippen LogP contribution in [0.25, 0.3) is 0 Å². The Labute approximate surface area is 153 Å². The molecule has 1 aromatic carbocycles. The molecule has 2 amide bonds. The fourth-order valence-corrected chi connectivity index (χ4v) is 3.73. The van der Waals surface area contributed by atoms with Gasteiger partial charge in [-0.15, -0.1) is 0 Å². The fourth-order valence-electron chi connectivity index (χ4n) is 2.74. The second-order valence-electron chi connectivity index (χ2n) is 5.86. The summed E-state index contributed by atoms with van der Waals surface area (Å²) in [5.41, 5.74) is 1.31. The minimum Gasteiger partial charge on any atom is -0.312 e. The number of aryl methyl sites for hydroxylation is 1. The summed E-state index contributed by atoms with van der Waals surface area (Å²) in [6.45, 7) is 3.49. The number of carbonyl (C=O) groups is 3. The van der Waals surface area contributed by atoms with E-state index in [-0.39, 0.29) is 24.0 Å². The molecule has 1 aliphatic rings. The Morgan fingerprint density at radius 2 is 2.00 bits per heavy atom. The van der Waals surface area contributed by atoms with Crippen LogP contribution in [-0.4, -0.2) is 29.1 Å². The first-order chi connectivity index (χ1) is 11.8. The molecule has 1 atom stereocenters. The van der Waals surface area contributed by atoms with Gasteiger partial charge in [0.15, 0.2) is 10.9 Å². The summed E-state index contributed by atoms with van der Waals surface area (Å²) in [5, 5.41) is 3.69. The highest BCUT2D eigenvalue weighted by Gasteiger charge is 2.35. The number of Topliss-reactive ketones (excluding diaryl/α,β-unsaturated/α-hetero) is 1. The van der Waals surface area contributed by atoms with E-state index in [9.17, 15) is 14.4 Å². The number of nitrogens with one attached hydrogen (secondary N) is 1. The Bertz CT molecular complexity index is 847. The van der Waals surface area contributed by atoms with Crippen LogP contribution < -0.4 is 10.2 Å². The maximum atomic E-state index is 12.5. The zero-order chi connectivity index (χ0) is 18.1. The number of nitrogens with zero attached hydrogens (tertiary/aromatic N) is 2. The van der Waals surface area contributed by atoms with Crippen molar-refractivity contribution in [1.29, 1.82) is 0 Å². The maximum Gasteiger partial charge on any atom is 0.231 e. The van der Waals surface area contributed by atoms with Crippen LogP contribution >= 0.6 is 22.9 Å².